The van der Waals surface area contributed by atoms with E-state index in [0.717, 1.165) is 0 Å². The third-order valence-corrected chi connectivity index (χ3v) is 8.75. The molecule has 0 nitrogen and oxygen atoms in total. The zero-order valence-electron chi connectivity index (χ0n) is 2.45. The van der Waals surface area contributed by atoms with E-state index in [1.54, 1.807) is 17.0 Å². The van der Waals surface area contributed by atoms with Crippen molar-refractivity contribution < 1.29 is 55.1 Å². The fourth-order valence-electron chi connectivity index (χ4n) is 0. The zero-order chi connectivity index (χ0) is 5.41. The van der Waals surface area contributed by atoms with Crippen LogP contribution in [0.15, 0.2) is 0 Å². The molecule has 0 unspecified atom stereocenters. The van der Waals surface area contributed by atoms with Crippen LogP contribution in [-0.4, -0.2) is 0 Å². The molecule has 0 aliphatic carbocycles. The molecule has 0 spiro atoms. The van der Waals surface area contributed by atoms with Crippen molar-refractivity contribution in [3.8, 4) is 0 Å². The molecule has 0 fully saturated rings. The second-order valence-corrected chi connectivity index (χ2v) is 7.25. The third-order valence-electron chi connectivity index (χ3n) is 0.0278. The average Bonchev–Trinajstić information content (AvgIpc) is 1.72. The number of rotatable bonds is 1. The van der Waals surface area contributed by atoms with Crippen LogP contribution in [0, 0.1) is 0 Å². The predicted molar refractivity (Wildman–Crippen MR) is 22.8 cm³/mol. The summed E-state index contributed by atoms with van der Waals surface area (Å²) >= 11 is 5.18. The van der Waals surface area contributed by atoms with E-state index in [1.165, 1.54) is 18.0 Å². The topological polar surface area (TPSA) is 0 Å². The SMILES string of the molecule is [Mo][S][S][Mo].[S]=[W]. The van der Waals surface area contributed by atoms with E-state index in [1.807, 2.05) is 37.1 Å². The van der Waals surface area contributed by atoms with Crippen LogP contribution < -0.4 is 0 Å². The molecule has 6 heteroatoms. The Morgan fingerprint density at radius 2 is 1.33 bits per heavy atom. The van der Waals surface area contributed by atoms with Crippen LogP contribution in [0.3, 0.4) is 0 Å². The summed E-state index contributed by atoms with van der Waals surface area (Å²) < 4.78 is 0. The van der Waals surface area contributed by atoms with Crippen molar-refractivity contribution in [3.63, 3.8) is 0 Å². The maximum absolute atomic E-state index is 4.17. The summed E-state index contributed by atoms with van der Waals surface area (Å²) in [4.78, 5) is 0. The first-order chi connectivity index (χ1) is 2.91. The average molecular weight is 472 g/mol. The van der Waals surface area contributed by atoms with Gasteiger partial charge in [0.25, 0.3) is 0 Å². The molecular formula is Mo2S3W. The van der Waals surface area contributed by atoms with Gasteiger partial charge < -0.3 is 0 Å². The van der Waals surface area contributed by atoms with Crippen molar-refractivity contribution in [1.82, 2.24) is 0 Å². The monoisotopic (exact) mass is 476 g/mol. The van der Waals surface area contributed by atoms with Gasteiger partial charge in [-0.1, -0.05) is 0 Å². The Bertz CT molecular complexity index is 16.3. The third kappa shape index (κ3) is 15.8. The predicted octanol–water partition coefficient (Wildman–Crippen LogP) is 1.94. The molecule has 0 aromatic heterocycles. The molecule has 0 saturated carbocycles. The molecule has 0 rings (SSSR count). The molecule has 0 heterocycles. The van der Waals surface area contributed by atoms with Crippen molar-refractivity contribution in [2.24, 2.45) is 0 Å². The molecule has 0 aromatic rings. The van der Waals surface area contributed by atoms with Gasteiger partial charge in [-0.15, -0.1) is 0 Å². The van der Waals surface area contributed by atoms with E-state index < -0.39 is 0 Å². The Hall–Kier alpha value is 2.98. The Labute approximate surface area is 80.3 Å². The molecule has 0 amide bonds. The minimum absolute atomic E-state index is 1.17. The summed E-state index contributed by atoms with van der Waals surface area (Å²) in [6.07, 6.45) is 0. The standard InChI is InChI=1S/2Mo.S2.S.W/c;;1-2;;/q2*+1;-2;;. The van der Waals surface area contributed by atoms with Crippen LogP contribution >= 0.6 is 26.8 Å². The van der Waals surface area contributed by atoms with Crippen LogP contribution in [0.5, 0.6) is 0 Å². The molecule has 0 N–H and O–H groups in total. The quantitative estimate of drug-likeness (QED) is 0.424. The van der Waals surface area contributed by atoms with Crippen LogP contribution in [0.2, 0.25) is 0 Å². The van der Waals surface area contributed by atoms with E-state index in [2.05, 4.69) is 9.82 Å². The van der Waals surface area contributed by atoms with Gasteiger partial charge in [0, 0.05) is 0 Å². The second kappa shape index (κ2) is 15.7. The molecule has 36 valence electrons. The number of hydrogen-bond acceptors (Lipinski definition) is 3. The molecule has 0 saturated heterocycles. The van der Waals surface area contributed by atoms with Gasteiger partial charge in [-0.3, -0.25) is 0 Å². The molecule has 0 aliphatic heterocycles. The Morgan fingerprint density at radius 3 is 1.33 bits per heavy atom. The summed E-state index contributed by atoms with van der Waals surface area (Å²) in [5, 5.41) is 0. The van der Waals surface area contributed by atoms with Gasteiger partial charge in [0.1, 0.15) is 0 Å². The fraction of sp³-hybridized carbons (Fsp3) is 0. The van der Waals surface area contributed by atoms with Crippen LogP contribution in [0.4, 0.5) is 0 Å². The summed E-state index contributed by atoms with van der Waals surface area (Å²) in [5.41, 5.74) is 0. The second-order valence-electron chi connectivity index (χ2n) is 0.136. The molecule has 0 bridgehead atoms. The van der Waals surface area contributed by atoms with Crippen LogP contribution in [-0.2, 0) is 55.1 Å². The summed E-state index contributed by atoms with van der Waals surface area (Å²) in [7, 11) is 7.74. The Balaban J connectivity index is 0. The molecule has 6 heavy (non-hydrogen) atoms. The van der Waals surface area contributed by atoms with Gasteiger partial charge in [0.05, 0.1) is 0 Å². The van der Waals surface area contributed by atoms with E-state index >= 15 is 0 Å². The van der Waals surface area contributed by atoms with Gasteiger partial charge in [0.2, 0.25) is 0 Å². The van der Waals surface area contributed by atoms with E-state index in [4.69, 9.17) is 0 Å². The van der Waals surface area contributed by atoms with Crippen molar-refractivity contribution >= 4 is 26.8 Å². The van der Waals surface area contributed by atoms with E-state index in [9.17, 15) is 0 Å². The summed E-state index contributed by atoms with van der Waals surface area (Å²) in [5.74, 6) is 0. The first-order valence-electron chi connectivity index (χ1n) is 0.667. The maximum atomic E-state index is 4.17. The van der Waals surface area contributed by atoms with Crippen molar-refractivity contribution in [2.45, 2.75) is 0 Å². The Kier molecular flexibility index (Phi) is 30.7. The van der Waals surface area contributed by atoms with E-state index in [0.29, 0.717) is 0 Å². The van der Waals surface area contributed by atoms with Crippen molar-refractivity contribution in [3.05, 3.63) is 0 Å². The van der Waals surface area contributed by atoms with Crippen LogP contribution in [0.1, 0.15) is 0 Å². The van der Waals surface area contributed by atoms with Crippen molar-refractivity contribution in [2.75, 3.05) is 0 Å². The molecule has 0 aromatic carbocycles. The van der Waals surface area contributed by atoms with Crippen LogP contribution in [0.25, 0.3) is 0 Å². The van der Waals surface area contributed by atoms with Gasteiger partial charge in [-0.05, 0) is 0 Å². The van der Waals surface area contributed by atoms with E-state index in [-0.39, 0.29) is 0 Å². The summed E-state index contributed by atoms with van der Waals surface area (Å²) in [6, 6.07) is 0. The number of hydrogen-bond donors (Lipinski definition) is 0. The normalized spacial score (nSPS) is 5.33. The van der Waals surface area contributed by atoms with Gasteiger partial charge >= 0.3 is 81.9 Å². The molecule has 0 radical (unpaired) electrons. The molecular weight excluding hydrogens is 472 g/mol. The summed E-state index contributed by atoms with van der Waals surface area (Å²) in [6.45, 7) is 0. The minimum atomic E-state index is 1.17. The van der Waals surface area contributed by atoms with Crippen molar-refractivity contribution in [1.29, 1.82) is 0 Å². The zero-order valence-corrected chi connectivity index (χ0v) is 11.8. The van der Waals surface area contributed by atoms with Gasteiger partial charge in [-0.25, -0.2) is 0 Å². The molecule has 0 aliphatic rings. The fourth-order valence-corrected chi connectivity index (χ4v) is 0. The Morgan fingerprint density at radius 1 is 1.17 bits per heavy atom. The first kappa shape index (κ1) is 11.7. The first-order valence-corrected chi connectivity index (χ1v) is 11.5. The van der Waals surface area contributed by atoms with Gasteiger partial charge in [0.15, 0.2) is 0 Å². The van der Waals surface area contributed by atoms with Gasteiger partial charge in [-0.2, -0.15) is 0 Å². The molecule has 0 atom stereocenters.